The van der Waals surface area contributed by atoms with E-state index in [-0.39, 0.29) is 10.5 Å². The molecule has 0 fully saturated rings. The minimum atomic E-state index is -3.29. The Bertz CT molecular complexity index is 1290. The minimum Gasteiger partial charge on any atom is -0.478 e. The average Bonchev–Trinajstić information content (AvgIpc) is 3.06. The van der Waals surface area contributed by atoms with Crippen molar-refractivity contribution < 1.29 is 18.3 Å². The largest absolute Gasteiger partial charge is 0.478 e. The third kappa shape index (κ3) is 3.16. The molecule has 7 heteroatoms. The van der Waals surface area contributed by atoms with Crippen molar-refractivity contribution in [3.63, 3.8) is 0 Å². The van der Waals surface area contributed by atoms with E-state index in [0.717, 1.165) is 22.2 Å². The number of aromatic carboxylic acids is 1. The Morgan fingerprint density at radius 1 is 0.929 bits per heavy atom. The molecule has 0 spiro atoms. The Kier molecular flexibility index (Phi) is 4.24. The molecule has 2 aromatic carbocycles. The minimum absolute atomic E-state index is 0.133. The van der Waals surface area contributed by atoms with Crippen LogP contribution in [0, 0.1) is 0 Å². The number of fused-ring (bicyclic) bond motifs is 1. The lowest BCUT2D eigenvalue weighted by atomic mass is 10.00. The Morgan fingerprint density at radius 3 is 2.21 bits per heavy atom. The molecular weight excluding hydrogens is 376 g/mol. The van der Waals surface area contributed by atoms with Crippen molar-refractivity contribution >= 4 is 21.3 Å². The number of rotatable bonds is 4. The predicted octanol–water partition coefficient (Wildman–Crippen LogP) is 3.77. The Labute approximate surface area is 161 Å². The third-order valence-electron chi connectivity index (χ3n) is 4.49. The van der Waals surface area contributed by atoms with Crippen LogP contribution in [-0.4, -0.2) is 35.4 Å². The van der Waals surface area contributed by atoms with E-state index in [0.29, 0.717) is 5.69 Å². The maximum atomic E-state index is 11.8. The number of sulfone groups is 1. The zero-order valence-corrected chi connectivity index (χ0v) is 15.7. The molecule has 0 aliphatic rings. The molecule has 2 aromatic heterocycles. The van der Waals surface area contributed by atoms with Gasteiger partial charge in [-0.2, -0.15) is 5.10 Å². The van der Waals surface area contributed by atoms with Gasteiger partial charge in [0.05, 0.1) is 16.0 Å². The number of hydrogen-bond donors (Lipinski definition) is 1. The summed E-state index contributed by atoms with van der Waals surface area (Å²) in [6, 6.07) is 19.4. The Balaban J connectivity index is 1.98. The first-order valence-corrected chi connectivity index (χ1v) is 10.4. The maximum absolute atomic E-state index is 11.8. The van der Waals surface area contributed by atoms with Gasteiger partial charge in [0.15, 0.2) is 9.84 Å². The second-order valence-electron chi connectivity index (χ2n) is 6.44. The molecule has 4 aromatic rings. The van der Waals surface area contributed by atoms with Gasteiger partial charge in [0.2, 0.25) is 0 Å². The van der Waals surface area contributed by atoms with Crippen LogP contribution in [0.4, 0.5) is 0 Å². The molecule has 0 saturated heterocycles. The molecule has 0 atom stereocenters. The van der Waals surface area contributed by atoms with Crippen LogP contribution in [0.3, 0.4) is 0 Å². The number of carboxylic acid groups (broad SMARTS) is 1. The van der Waals surface area contributed by atoms with Gasteiger partial charge < -0.3 is 5.11 Å². The highest BCUT2D eigenvalue weighted by atomic mass is 32.2. The van der Waals surface area contributed by atoms with Crippen molar-refractivity contribution in [3.8, 4) is 22.4 Å². The SMILES string of the molecule is CS(=O)(=O)c1ccc(-c2c(-c3ccccc3)nn3cc(C(=O)O)ccc23)cc1. The number of hydrogen-bond acceptors (Lipinski definition) is 4. The van der Waals surface area contributed by atoms with Crippen molar-refractivity contribution in [1.82, 2.24) is 9.61 Å². The normalized spacial score (nSPS) is 11.6. The van der Waals surface area contributed by atoms with Gasteiger partial charge in [0.25, 0.3) is 0 Å². The maximum Gasteiger partial charge on any atom is 0.337 e. The van der Waals surface area contributed by atoms with Crippen LogP contribution in [-0.2, 0) is 9.84 Å². The van der Waals surface area contributed by atoms with Gasteiger partial charge >= 0.3 is 5.97 Å². The highest BCUT2D eigenvalue weighted by Crippen LogP contribution is 2.35. The summed E-state index contributed by atoms with van der Waals surface area (Å²) in [7, 11) is -3.29. The van der Waals surface area contributed by atoms with Crippen molar-refractivity contribution in [3.05, 3.63) is 78.5 Å². The molecule has 0 saturated carbocycles. The van der Waals surface area contributed by atoms with Crippen LogP contribution in [0.25, 0.3) is 27.9 Å². The summed E-state index contributed by atoms with van der Waals surface area (Å²) in [6.07, 6.45) is 2.64. The number of pyridine rings is 1. The highest BCUT2D eigenvalue weighted by Gasteiger charge is 2.18. The van der Waals surface area contributed by atoms with E-state index in [1.165, 1.54) is 18.5 Å². The van der Waals surface area contributed by atoms with Crippen molar-refractivity contribution in [2.75, 3.05) is 6.26 Å². The molecule has 0 aliphatic heterocycles. The number of aromatic nitrogens is 2. The second-order valence-corrected chi connectivity index (χ2v) is 8.45. The van der Waals surface area contributed by atoms with Gasteiger partial charge in [-0.25, -0.2) is 17.7 Å². The first-order chi connectivity index (χ1) is 13.3. The number of nitrogens with zero attached hydrogens (tertiary/aromatic N) is 2. The summed E-state index contributed by atoms with van der Waals surface area (Å²) in [5.74, 6) is -1.03. The highest BCUT2D eigenvalue weighted by molar-refractivity contribution is 7.90. The molecule has 0 bridgehead atoms. The molecule has 1 N–H and O–H groups in total. The van der Waals surface area contributed by atoms with Crippen molar-refractivity contribution in [2.24, 2.45) is 0 Å². The van der Waals surface area contributed by atoms with E-state index in [9.17, 15) is 18.3 Å². The number of benzene rings is 2. The summed E-state index contributed by atoms with van der Waals surface area (Å²) >= 11 is 0. The Hall–Kier alpha value is -3.45. The van der Waals surface area contributed by atoms with Gasteiger partial charge in [-0.1, -0.05) is 42.5 Å². The van der Waals surface area contributed by atoms with Crippen LogP contribution < -0.4 is 0 Å². The van der Waals surface area contributed by atoms with Gasteiger partial charge in [-0.05, 0) is 29.8 Å². The molecule has 0 amide bonds. The zero-order chi connectivity index (χ0) is 19.9. The third-order valence-corrected chi connectivity index (χ3v) is 5.62. The molecule has 6 nitrogen and oxygen atoms in total. The molecule has 140 valence electrons. The zero-order valence-electron chi connectivity index (χ0n) is 14.9. The van der Waals surface area contributed by atoms with E-state index in [4.69, 9.17) is 0 Å². The summed E-state index contributed by atoms with van der Waals surface area (Å²) in [5.41, 5.74) is 4.04. The van der Waals surface area contributed by atoms with Crippen molar-refractivity contribution in [1.29, 1.82) is 0 Å². The lowest BCUT2D eigenvalue weighted by molar-refractivity contribution is 0.0696. The molecule has 4 rings (SSSR count). The number of carboxylic acids is 1. The fourth-order valence-corrected chi connectivity index (χ4v) is 3.76. The standard InChI is InChI=1S/C21H16N2O4S/c1-28(26,27)17-10-7-14(8-11-17)19-18-12-9-16(21(24)25)13-23(18)22-20(19)15-5-3-2-4-6-15/h2-13H,1H3,(H,24,25). The molecule has 0 unspecified atom stereocenters. The van der Waals surface area contributed by atoms with Crippen LogP contribution >= 0.6 is 0 Å². The summed E-state index contributed by atoms with van der Waals surface area (Å²) in [6.45, 7) is 0. The molecule has 28 heavy (non-hydrogen) atoms. The molecule has 0 radical (unpaired) electrons. The van der Waals surface area contributed by atoms with Gasteiger partial charge in [-0.3, -0.25) is 0 Å². The first kappa shape index (κ1) is 17.9. The monoisotopic (exact) mass is 392 g/mol. The second kappa shape index (κ2) is 6.61. The topological polar surface area (TPSA) is 88.7 Å². The smallest absolute Gasteiger partial charge is 0.337 e. The number of carbonyl (C=O) groups is 1. The summed E-state index contributed by atoms with van der Waals surface area (Å²) < 4.78 is 25.1. The average molecular weight is 392 g/mol. The van der Waals surface area contributed by atoms with E-state index < -0.39 is 15.8 Å². The van der Waals surface area contributed by atoms with E-state index >= 15 is 0 Å². The predicted molar refractivity (Wildman–Crippen MR) is 106 cm³/mol. The fraction of sp³-hybridized carbons (Fsp3) is 0.0476. The quantitative estimate of drug-likeness (QED) is 0.571. The first-order valence-electron chi connectivity index (χ1n) is 8.46. The summed E-state index contributed by atoms with van der Waals surface area (Å²) in [4.78, 5) is 11.5. The van der Waals surface area contributed by atoms with Crippen molar-refractivity contribution in [2.45, 2.75) is 4.90 Å². The molecule has 0 aliphatic carbocycles. The molecular formula is C21H16N2O4S. The van der Waals surface area contributed by atoms with E-state index in [1.54, 1.807) is 34.8 Å². The van der Waals surface area contributed by atoms with Gasteiger partial charge in [0.1, 0.15) is 5.69 Å². The van der Waals surface area contributed by atoms with E-state index in [1.807, 2.05) is 30.3 Å². The molecule has 2 heterocycles. The van der Waals surface area contributed by atoms with Crippen LogP contribution in [0.5, 0.6) is 0 Å². The lowest BCUT2D eigenvalue weighted by Gasteiger charge is -2.05. The van der Waals surface area contributed by atoms with Crippen LogP contribution in [0.2, 0.25) is 0 Å². The van der Waals surface area contributed by atoms with Crippen LogP contribution in [0.15, 0.2) is 77.8 Å². The fourth-order valence-electron chi connectivity index (χ4n) is 3.13. The Morgan fingerprint density at radius 2 is 1.61 bits per heavy atom. The van der Waals surface area contributed by atoms with Gasteiger partial charge in [0, 0.05) is 23.6 Å². The van der Waals surface area contributed by atoms with Crippen LogP contribution in [0.1, 0.15) is 10.4 Å². The van der Waals surface area contributed by atoms with E-state index in [2.05, 4.69) is 5.10 Å². The lowest BCUT2D eigenvalue weighted by Crippen LogP contribution is -1.99. The van der Waals surface area contributed by atoms with Gasteiger partial charge in [-0.15, -0.1) is 0 Å². The summed E-state index contributed by atoms with van der Waals surface area (Å²) in [5, 5.41) is 13.9.